The molecule has 0 spiro atoms. The van der Waals surface area contributed by atoms with Crippen LogP contribution in [0.3, 0.4) is 0 Å². The van der Waals surface area contributed by atoms with Crippen LogP contribution < -0.4 is 0 Å². The summed E-state index contributed by atoms with van der Waals surface area (Å²) in [6.07, 6.45) is 1.60. The van der Waals surface area contributed by atoms with Gasteiger partial charge in [0.05, 0.1) is 6.61 Å². The zero-order valence-corrected chi connectivity index (χ0v) is 12.6. The average molecular weight is 274 g/mol. The van der Waals surface area contributed by atoms with Crippen LogP contribution in [0.15, 0.2) is 12.1 Å². The maximum Gasteiger partial charge on any atom is 0.156 e. The summed E-state index contributed by atoms with van der Waals surface area (Å²) >= 11 is 0. The Balaban J connectivity index is 2.56. The number of hydrogen-bond acceptors (Lipinski definition) is 4. The van der Waals surface area contributed by atoms with E-state index in [0.717, 1.165) is 41.6 Å². The molecule has 0 saturated carbocycles. The molecule has 0 unspecified atom stereocenters. The van der Waals surface area contributed by atoms with Crippen LogP contribution in [0.1, 0.15) is 56.5 Å². The summed E-state index contributed by atoms with van der Waals surface area (Å²) in [5.74, 6) is 2.77. The van der Waals surface area contributed by atoms with Gasteiger partial charge in [-0.1, -0.05) is 27.7 Å². The van der Waals surface area contributed by atoms with Crippen molar-refractivity contribution in [2.75, 3.05) is 0 Å². The second-order valence-electron chi connectivity index (χ2n) is 5.13. The number of hydrogen-bond donors (Lipinski definition) is 1. The molecule has 0 aliphatic carbocycles. The molecule has 5 nitrogen and oxygen atoms in total. The zero-order valence-electron chi connectivity index (χ0n) is 12.6. The third-order valence-corrected chi connectivity index (χ3v) is 3.23. The van der Waals surface area contributed by atoms with Gasteiger partial charge >= 0.3 is 0 Å². The lowest BCUT2D eigenvalue weighted by molar-refractivity contribution is 0.281. The summed E-state index contributed by atoms with van der Waals surface area (Å²) in [4.78, 5) is 9.16. The molecule has 2 heterocycles. The van der Waals surface area contributed by atoms with Gasteiger partial charge in [-0.15, -0.1) is 5.10 Å². The number of pyridine rings is 1. The maximum atomic E-state index is 9.42. The molecular weight excluding hydrogens is 252 g/mol. The molecule has 0 bridgehead atoms. The summed E-state index contributed by atoms with van der Waals surface area (Å²) in [7, 11) is 0. The standard InChI is InChI=1S/C15H22N4O/c1-5-13-17-14(6-2)19(18-13)15-8-11(9-20)7-12(16-15)10(3)4/h7-8,10,20H,5-6,9H2,1-4H3. The predicted octanol–water partition coefficient (Wildman–Crippen LogP) is 2.40. The lowest BCUT2D eigenvalue weighted by Crippen LogP contribution is -2.08. The van der Waals surface area contributed by atoms with Crippen molar-refractivity contribution in [1.82, 2.24) is 19.7 Å². The Bertz CT molecular complexity index is 590. The third kappa shape index (κ3) is 2.88. The Morgan fingerprint density at radius 3 is 2.45 bits per heavy atom. The van der Waals surface area contributed by atoms with Crippen molar-refractivity contribution in [2.24, 2.45) is 0 Å². The highest BCUT2D eigenvalue weighted by atomic mass is 16.3. The molecule has 0 saturated heterocycles. The van der Waals surface area contributed by atoms with Crippen LogP contribution in [-0.4, -0.2) is 24.9 Å². The second-order valence-corrected chi connectivity index (χ2v) is 5.13. The smallest absolute Gasteiger partial charge is 0.156 e. The van der Waals surface area contributed by atoms with Gasteiger partial charge in [-0.25, -0.2) is 9.97 Å². The van der Waals surface area contributed by atoms with E-state index in [1.54, 1.807) is 4.68 Å². The van der Waals surface area contributed by atoms with Crippen LogP contribution in [0.25, 0.3) is 5.82 Å². The van der Waals surface area contributed by atoms with Crippen LogP contribution in [0, 0.1) is 0 Å². The van der Waals surface area contributed by atoms with E-state index < -0.39 is 0 Å². The molecule has 0 aliphatic rings. The van der Waals surface area contributed by atoms with Crippen molar-refractivity contribution in [3.63, 3.8) is 0 Å². The maximum absolute atomic E-state index is 9.42. The molecule has 0 atom stereocenters. The monoisotopic (exact) mass is 274 g/mol. The molecule has 2 rings (SSSR count). The lowest BCUT2D eigenvalue weighted by Gasteiger charge is -2.11. The predicted molar refractivity (Wildman–Crippen MR) is 77.9 cm³/mol. The fourth-order valence-electron chi connectivity index (χ4n) is 2.04. The Kier molecular flexibility index (Phi) is 4.49. The molecule has 5 heteroatoms. The quantitative estimate of drug-likeness (QED) is 0.909. The minimum atomic E-state index is 0.00598. The highest BCUT2D eigenvalue weighted by Gasteiger charge is 2.13. The molecule has 0 radical (unpaired) electrons. The van der Waals surface area contributed by atoms with Crippen LogP contribution >= 0.6 is 0 Å². The third-order valence-electron chi connectivity index (χ3n) is 3.23. The van der Waals surface area contributed by atoms with E-state index in [-0.39, 0.29) is 6.61 Å². The van der Waals surface area contributed by atoms with Crippen molar-refractivity contribution in [3.05, 3.63) is 35.0 Å². The first-order valence-electron chi connectivity index (χ1n) is 7.15. The minimum Gasteiger partial charge on any atom is -0.392 e. The molecule has 0 aromatic carbocycles. The molecule has 0 amide bonds. The van der Waals surface area contributed by atoms with Crippen molar-refractivity contribution in [1.29, 1.82) is 0 Å². The Morgan fingerprint density at radius 1 is 1.15 bits per heavy atom. The first kappa shape index (κ1) is 14.7. The van der Waals surface area contributed by atoms with Gasteiger partial charge in [-0.05, 0) is 23.6 Å². The molecule has 0 fully saturated rings. The largest absolute Gasteiger partial charge is 0.392 e. The molecule has 108 valence electrons. The Morgan fingerprint density at radius 2 is 1.90 bits per heavy atom. The summed E-state index contributed by atoms with van der Waals surface area (Å²) in [6.45, 7) is 8.28. The van der Waals surface area contributed by atoms with Crippen molar-refractivity contribution < 1.29 is 5.11 Å². The summed E-state index contributed by atoms with van der Waals surface area (Å²) in [5, 5.41) is 13.9. The summed E-state index contributed by atoms with van der Waals surface area (Å²) < 4.78 is 1.80. The lowest BCUT2D eigenvalue weighted by atomic mass is 10.1. The Labute approximate surface area is 119 Å². The van der Waals surface area contributed by atoms with Crippen LogP contribution in [0.5, 0.6) is 0 Å². The van der Waals surface area contributed by atoms with Crippen molar-refractivity contribution in [2.45, 2.75) is 53.1 Å². The van der Waals surface area contributed by atoms with Gasteiger partial charge in [0.25, 0.3) is 0 Å². The van der Waals surface area contributed by atoms with E-state index in [4.69, 9.17) is 0 Å². The number of nitrogens with zero attached hydrogens (tertiary/aromatic N) is 4. The van der Waals surface area contributed by atoms with E-state index in [1.165, 1.54) is 0 Å². The zero-order chi connectivity index (χ0) is 14.7. The minimum absolute atomic E-state index is 0.00598. The van der Waals surface area contributed by atoms with E-state index in [0.29, 0.717) is 5.92 Å². The highest BCUT2D eigenvalue weighted by Crippen LogP contribution is 2.18. The SMILES string of the molecule is CCc1nc(CC)n(-c2cc(CO)cc(C(C)C)n2)n1. The first-order chi connectivity index (χ1) is 9.58. The van der Waals surface area contributed by atoms with Gasteiger partial charge in [-0.2, -0.15) is 4.68 Å². The number of rotatable bonds is 5. The van der Waals surface area contributed by atoms with Crippen LogP contribution in [0.4, 0.5) is 0 Å². The van der Waals surface area contributed by atoms with E-state index >= 15 is 0 Å². The number of aliphatic hydroxyl groups is 1. The second kappa shape index (κ2) is 6.13. The van der Waals surface area contributed by atoms with E-state index in [9.17, 15) is 5.11 Å². The van der Waals surface area contributed by atoms with Gasteiger partial charge in [0.1, 0.15) is 5.82 Å². The van der Waals surface area contributed by atoms with Gasteiger partial charge < -0.3 is 5.11 Å². The number of aliphatic hydroxyl groups excluding tert-OH is 1. The molecule has 2 aromatic heterocycles. The molecule has 20 heavy (non-hydrogen) atoms. The topological polar surface area (TPSA) is 63.8 Å². The van der Waals surface area contributed by atoms with Crippen LogP contribution in [-0.2, 0) is 19.4 Å². The molecular formula is C15H22N4O. The molecule has 0 aliphatic heterocycles. The number of aryl methyl sites for hydroxylation is 2. The summed E-state index contributed by atoms with van der Waals surface area (Å²) in [6, 6.07) is 3.82. The van der Waals surface area contributed by atoms with Crippen molar-refractivity contribution in [3.8, 4) is 5.82 Å². The van der Waals surface area contributed by atoms with Gasteiger partial charge in [0.2, 0.25) is 0 Å². The normalized spacial score (nSPS) is 11.3. The van der Waals surface area contributed by atoms with Crippen LogP contribution in [0.2, 0.25) is 0 Å². The van der Waals surface area contributed by atoms with Crippen molar-refractivity contribution >= 4 is 0 Å². The highest BCUT2D eigenvalue weighted by molar-refractivity contribution is 5.32. The van der Waals surface area contributed by atoms with Gasteiger partial charge in [0, 0.05) is 18.5 Å². The fraction of sp³-hybridized carbons (Fsp3) is 0.533. The molecule has 1 N–H and O–H groups in total. The first-order valence-corrected chi connectivity index (χ1v) is 7.15. The van der Waals surface area contributed by atoms with Gasteiger partial charge in [0.15, 0.2) is 11.6 Å². The average Bonchev–Trinajstić information content (AvgIpc) is 2.90. The Hall–Kier alpha value is -1.75. The van der Waals surface area contributed by atoms with Gasteiger partial charge in [-0.3, -0.25) is 0 Å². The van der Waals surface area contributed by atoms with E-state index in [2.05, 4.69) is 35.8 Å². The summed E-state index contributed by atoms with van der Waals surface area (Å²) in [5.41, 5.74) is 1.82. The van der Waals surface area contributed by atoms with E-state index in [1.807, 2.05) is 19.1 Å². The fourth-order valence-corrected chi connectivity index (χ4v) is 2.04. The molecule has 2 aromatic rings. The number of aromatic nitrogens is 4.